The zero-order valence-electron chi connectivity index (χ0n) is 8.05. The zero-order valence-corrected chi connectivity index (χ0v) is 9.84. The fourth-order valence-electron chi connectivity index (χ4n) is 0.592. The van der Waals surface area contributed by atoms with Crippen LogP contribution in [0.25, 0.3) is 0 Å². The summed E-state index contributed by atoms with van der Waals surface area (Å²) in [6, 6.07) is 0. The third kappa shape index (κ3) is 3.90. The van der Waals surface area contributed by atoms with Crippen LogP contribution in [0.1, 0.15) is 0 Å². The summed E-state index contributed by atoms with van der Waals surface area (Å²) in [5, 5.41) is 0. The largest absolute Gasteiger partial charge is 0.342 e. The number of hydrogen-bond donors (Lipinski definition) is 0. The Kier molecular flexibility index (Phi) is 5.37. The minimum atomic E-state index is -3.35. The van der Waals surface area contributed by atoms with Crippen LogP contribution in [-0.2, 0) is 27.2 Å². The Morgan fingerprint density at radius 1 is 0.769 bits per heavy atom. The fraction of sp³-hybridized carbons (Fsp3) is 1.00. The molecule has 0 spiro atoms. The minimum Gasteiger partial charge on any atom is -0.311 e. The van der Waals surface area contributed by atoms with Crippen molar-refractivity contribution < 1.29 is 27.2 Å². The average Bonchev–Trinajstić information content (AvgIpc) is 2.17. The lowest BCUT2D eigenvalue weighted by Crippen LogP contribution is -1.99. The van der Waals surface area contributed by atoms with Crippen molar-refractivity contribution >= 4 is 15.2 Å². The molecule has 0 aliphatic rings. The molecule has 0 aliphatic heterocycles. The van der Waals surface area contributed by atoms with Crippen molar-refractivity contribution in [3.63, 3.8) is 0 Å². The van der Waals surface area contributed by atoms with E-state index in [1.54, 1.807) is 0 Å². The van der Waals surface area contributed by atoms with E-state index in [0.717, 1.165) is 0 Å². The molecular weight excluding hydrogens is 218 g/mol. The van der Waals surface area contributed by atoms with Crippen LogP contribution in [0, 0.1) is 0 Å². The molecule has 13 heavy (non-hydrogen) atoms. The molecule has 0 fully saturated rings. The lowest BCUT2D eigenvalue weighted by Gasteiger charge is -2.18. The summed E-state index contributed by atoms with van der Waals surface area (Å²) in [5.74, 6) is -0.389. The van der Waals surface area contributed by atoms with Crippen molar-refractivity contribution in [2.45, 2.75) is 0 Å². The Morgan fingerprint density at radius 2 is 1.00 bits per heavy atom. The molecule has 0 heterocycles. The van der Waals surface area contributed by atoms with Crippen LogP contribution in [0.3, 0.4) is 0 Å². The minimum absolute atomic E-state index is 0.389. The summed E-state index contributed by atoms with van der Waals surface area (Å²) in [6.07, 6.45) is 0. The number of rotatable bonds is 6. The molecule has 0 aromatic heterocycles. The molecule has 0 amide bonds. The van der Waals surface area contributed by atoms with Gasteiger partial charge in [-0.3, -0.25) is 9.13 Å². The maximum Gasteiger partial charge on any atom is 0.342 e. The standard InChI is InChI=1S/C5H14O6P2/c1-8-12(6,9-2)5-13(7,10-3)11-4/h5H2,1-4H3. The van der Waals surface area contributed by atoms with Crippen molar-refractivity contribution in [2.75, 3.05) is 34.3 Å². The molecule has 0 saturated heterocycles. The normalized spacial score (nSPS) is 13.2. The second-order valence-electron chi connectivity index (χ2n) is 2.09. The van der Waals surface area contributed by atoms with Gasteiger partial charge in [0.1, 0.15) is 0 Å². The van der Waals surface area contributed by atoms with Crippen LogP contribution in [-0.4, -0.2) is 34.3 Å². The lowest BCUT2D eigenvalue weighted by atomic mass is 11.8. The second kappa shape index (κ2) is 5.25. The Balaban J connectivity index is 4.57. The fourth-order valence-corrected chi connectivity index (χ4v) is 4.43. The topological polar surface area (TPSA) is 71.1 Å². The van der Waals surface area contributed by atoms with Crippen molar-refractivity contribution in [2.24, 2.45) is 0 Å². The predicted molar refractivity (Wildman–Crippen MR) is 48.1 cm³/mol. The highest BCUT2D eigenvalue weighted by Gasteiger charge is 2.35. The smallest absolute Gasteiger partial charge is 0.311 e. The van der Waals surface area contributed by atoms with Crippen LogP contribution in [0.2, 0.25) is 0 Å². The van der Waals surface area contributed by atoms with E-state index in [0.29, 0.717) is 0 Å². The van der Waals surface area contributed by atoms with Gasteiger partial charge in [-0.1, -0.05) is 0 Å². The van der Waals surface area contributed by atoms with Gasteiger partial charge in [0.2, 0.25) is 0 Å². The molecule has 0 rings (SSSR count). The van der Waals surface area contributed by atoms with Gasteiger partial charge in [0.25, 0.3) is 0 Å². The Hall–Kier alpha value is 0.300. The highest BCUT2D eigenvalue weighted by atomic mass is 31.2. The molecule has 0 saturated carbocycles. The molecule has 0 radical (unpaired) electrons. The van der Waals surface area contributed by atoms with E-state index in [2.05, 4.69) is 18.1 Å². The summed E-state index contributed by atoms with van der Waals surface area (Å²) in [6.45, 7) is 0. The first-order valence-corrected chi connectivity index (χ1v) is 6.82. The van der Waals surface area contributed by atoms with Gasteiger partial charge in [0.15, 0.2) is 5.90 Å². The van der Waals surface area contributed by atoms with E-state index >= 15 is 0 Å². The summed E-state index contributed by atoms with van der Waals surface area (Å²) in [5.41, 5.74) is 0. The molecule has 0 aliphatic carbocycles. The van der Waals surface area contributed by atoms with Gasteiger partial charge in [-0.25, -0.2) is 0 Å². The molecule has 0 N–H and O–H groups in total. The molecular formula is C5H14O6P2. The van der Waals surface area contributed by atoms with Crippen LogP contribution >= 0.6 is 15.2 Å². The van der Waals surface area contributed by atoms with E-state index < -0.39 is 15.2 Å². The Morgan fingerprint density at radius 3 is 1.15 bits per heavy atom. The molecule has 80 valence electrons. The third-order valence-electron chi connectivity index (χ3n) is 1.46. The van der Waals surface area contributed by atoms with Crippen molar-refractivity contribution in [1.82, 2.24) is 0 Å². The van der Waals surface area contributed by atoms with E-state index in [-0.39, 0.29) is 5.90 Å². The molecule has 0 bridgehead atoms. The van der Waals surface area contributed by atoms with Crippen molar-refractivity contribution in [3.8, 4) is 0 Å². The molecule has 0 atom stereocenters. The molecule has 0 aromatic carbocycles. The Labute approximate surface area is 77.6 Å². The van der Waals surface area contributed by atoms with Gasteiger partial charge in [0.05, 0.1) is 0 Å². The monoisotopic (exact) mass is 232 g/mol. The maximum atomic E-state index is 11.5. The predicted octanol–water partition coefficient (Wildman–Crippen LogP) is 1.92. The summed E-state index contributed by atoms with van der Waals surface area (Å²) in [7, 11) is -1.86. The van der Waals surface area contributed by atoms with E-state index in [1.807, 2.05) is 0 Å². The summed E-state index contributed by atoms with van der Waals surface area (Å²) in [4.78, 5) is 0. The summed E-state index contributed by atoms with van der Waals surface area (Å²) >= 11 is 0. The van der Waals surface area contributed by atoms with E-state index in [1.165, 1.54) is 28.4 Å². The van der Waals surface area contributed by atoms with E-state index in [9.17, 15) is 9.13 Å². The van der Waals surface area contributed by atoms with Crippen molar-refractivity contribution in [3.05, 3.63) is 0 Å². The van der Waals surface area contributed by atoms with Gasteiger partial charge in [0, 0.05) is 28.4 Å². The van der Waals surface area contributed by atoms with E-state index in [4.69, 9.17) is 0 Å². The zero-order chi connectivity index (χ0) is 10.5. The first-order valence-electron chi connectivity index (χ1n) is 3.36. The number of hydrogen-bond acceptors (Lipinski definition) is 6. The summed E-state index contributed by atoms with van der Waals surface area (Å²) < 4.78 is 41.4. The SMILES string of the molecule is COP(=O)(CP(=O)(OC)OC)OC. The van der Waals surface area contributed by atoms with Crippen molar-refractivity contribution in [1.29, 1.82) is 0 Å². The van der Waals surface area contributed by atoms with Gasteiger partial charge in [-0.05, 0) is 0 Å². The van der Waals surface area contributed by atoms with Gasteiger partial charge < -0.3 is 18.1 Å². The van der Waals surface area contributed by atoms with Crippen LogP contribution in [0.5, 0.6) is 0 Å². The quantitative estimate of drug-likeness (QED) is 0.651. The first-order chi connectivity index (χ1) is 5.95. The molecule has 0 aromatic rings. The lowest BCUT2D eigenvalue weighted by molar-refractivity contribution is 0.260. The molecule has 8 heteroatoms. The maximum absolute atomic E-state index is 11.5. The second-order valence-corrected chi connectivity index (χ2v) is 7.13. The van der Waals surface area contributed by atoms with Crippen LogP contribution < -0.4 is 0 Å². The van der Waals surface area contributed by atoms with Gasteiger partial charge in [-0.15, -0.1) is 0 Å². The first kappa shape index (κ1) is 13.3. The van der Waals surface area contributed by atoms with Gasteiger partial charge >= 0.3 is 15.2 Å². The third-order valence-corrected chi connectivity index (χ3v) is 6.46. The molecule has 6 nitrogen and oxygen atoms in total. The Bertz CT molecular complexity index is 199. The average molecular weight is 232 g/mol. The highest BCUT2D eigenvalue weighted by Crippen LogP contribution is 2.62. The van der Waals surface area contributed by atoms with Crippen LogP contribution in [0.15, 0.2) is 0 Å². The molecule has 0 unspecified atom stereocenters. The van der Waals surface area contributed by atoms with Crippen LogP contribution in [0.4, 0.5) is 0 Å². The van der Waals surface area contributed by atoms with Gasteiger partial charge in [-0.2, -0.15) is 0 Å². The highest BCUT2D eigenvalue weighted by molar-refractivity contribution is 7.71.